The highest BCUT2D eigenvalue weighted by Gasteiger charge is 2.12. The van der Waals surface area contributed by atoms with E-state index in [2.05, 4.69) is 47.8 Å². The van der Waals surface area contributed by atoms with E-state index in [-0.39, 0.29) is 0 Å². The van der Waals surface area contributed by atoms with Crippen LogP contribution in [0.2, 0.25) is 0 Å². The summed E-state index contributed by atoms with van der Waals surface area (Å²) < 4.78 is 5.36. The van der Waals surface area contributed by atoms with Crippen LogP contribution < -0.4 is 10.6 Å². The van der Waals surface area contributed by atoms with Crippen LogP contribution in [0.3, 0.4) is 0 Å². The Hall–Kier alpha value is -1.17. The van der Waals surface area contributed by atoms with E-state index in [0.717, 1.165) is 54.7 Å². The van der Waals surface area contributed by atoms with Gasteiger partial charge in [0.25, 0.3) is 0 Å². The van der Waals surface area contributed by atoms with Crippen molar-refractivity contribution in [2.75, 3.05) is 25.1 Å². The van der Waals surface area contributed by atoms with E-state index in [1.807, 2.05) is 11.8 Å². The monoisotopic (exact) mass is 298 g/mol. The zero-order valence-electron chi connectivity index (χ0n) is 13.0. The van der Waals surface area contributed by atoms with Crippen molar-refractivity contribution in [2.45, 2.75) is 40.2 Å². The first-order valence-corrected chi connectivity index (χ1v) is 8.63. The molecule has 114 valence electrons. The maximum atomic E-state index is 5.36. The first kappa shape index (κ1) is 16.9. The molecule has 0 atom stereocenters. The molecular weight excluding hydrogens is 272 g/mol. The molecule has 0 spiro atoms. The maximum Gasteiger partial charge on any atom is 0.191 e. The van der Waals surface area contributed by atoms with Crippen LogP contribution in [0.25, 0.3) is 0 Å². The van der Waals surface area contributed by atoms with E-state index < -0.39 is 0 Å². The van der Waals surface area contributed by atoms with E-state index >= 15 is 0 Å². The molecule has 5 nitrogen and oxygen atoms in total. The van der Waals surface area contributed by atoms with Crippen molar-refractivity contribution in [2.24, 2.45) is 4.99 Å². The van der Waals surface area contributed by atoms with Gasteiger partial charge in [-0.1, -0.05) is 19.0 Å². The van der Waals surface area contributed by atoms with Crippen LogP contribution >= 0.6 is 11.8 Å². The molecule has 0 amide bonds. The van der Waals surface area contributed by atoms with Gasteiger partial charge >= 0.3 is 0 Å². The molecule has 0 aromatic carbocycles. The highest BCUT2D eigenvalue weighted by Crippen LogP contribution is 2.16. The lowest BCUT2D eigenvalue weighted by atomic mass is 10.1. The zero-order chi connectivity index (χ0) is 14.8. The van der Waals surface area contributed by atoms with Gasteiger partial charge in [0.15, 0.2) is 5.96 Å². The minimum Gasteiger partial charge on any atom is -0.361 e. The number of nitrogens with zero attached hydrogens (tertiary/aromatic N) is 2. The molecule has 0 fully saturated rings. The predicted octanol–water partition coefficient (Wildman–Crippen LogP) is 2.22. The van der Waals surface area contributed by atoms with Crippen LogP contribution in [-0.4, -0.2) is 36.2 Å². The minimum atomic E-state index is 0.616. The van der Waals surface area contributed by atoms with Crippen molar-refractivity contribution in [3.8, 4) is 0 Å². The molecule has 0 bridgehead atoms. The van der Waals surface area contributed by atoms with Gasteiger partial charge in [-0.05, 0) is 19.6 Å². The Balaban J connectivity index is 2.72. The fraction of sp³-hybridized carbons (Fsp3) is 0.714. The lowest BCUT2D eigenvalue weighted by molar-refractivity contribution is 0.380. The second-order valence-corrected chi connectivity index (χ2v) is 5.34. The molecule has 20 heavy (non-hydrogen) atoms. The number of thioether (sulfide) groups is 1. The number of guanidine groups is 1. The number of rotatable bonds is 8. The third-order valence-electron chi connectivity index (χ3n) is 2.95. The second kappa shape index (κ2) is 9.69. The van der Waals surface area contributed by atoms with Gasteiger partial charge in [-0.25, -0.2) is 4.99 Å². The normalized spacial score (nSPS) is 11.7. The topological polar surface area (TPSA) is 62.5 Å². The predicted molar refractivity (Wildman–Crippen MR) is 86.5 cm³/mol. The summed E-state index contributed by atoms with van der Waals surface area (Å²) in [6, 6.07) is 0. The average Bonchev–Trinajstić information content (AvgIpc) is 2.87. The van der Waals surface area contributed by atoms with Crippen molar-refractivity contribution in [1.29, 1.82) is 0 Å². The Kier molecular flexibility index (Phi) is 8.18. The summed E-state index contributed by atoms with van der Waals surface area (Å²) in [5.74, 6) is 2.87. The number of nitrogens with one attached hydrogen (secondary N) is 2. The van der Waals surface area contributed by atoms with Crippen LogP contribution in [-0.2, 0) is 19.4 Å². The van der Waals surface area contributed by atoms with Gasteiger partial charge in [0, 0.05) is 30.8 Å². The quantitative estimate of drug-likeness (QED) is 0.438. The van der Waals surface area contributed by atoms with Gasteiger partial charge in [-0.3, -0.25) is 0 Å². The molecule has 0 aliphatic rings. The van der Waals surface area contributed by atoms with Crippen molar-refractivity contribution in [3.05, 3.63) is 17.0 Å². The third kappa shape index (κ3) is 5.07. The molecule has 0 radical (unpaired) electrons. The Labute approximate surface area is 126 Å². The highest BCUT2D eigenvalue weighted by atomic mass is 32.2. The van der Waals surface area contributed by atoms with Crippen molar-refractivity contribution in [3.63, 3.8) is 0 Å². The van der Waals surface area contributed by atoms with Crippen molar-refractivity contribution in [1.82, 2.24) is 15.8 Å². The van der Waals surface area contributed by atoms with E-state index in [0.29, 0.717) is 6.54 Å². The fourth-order valence-corrected chi connectivity index (χ4v) is 2.19. The fourth-order valence-electron chi connectivity index (χ4n) is 1.89. The summed E-state index contributed by atoms with van der Waals surface area (Å²) in [6.45, 7) is 8.63. The van der Waals surface area contributed by atoms with Crippen molar-refractivity contribution < 1.29 is 4.52 Å². The first-order chi connectivity index (χ1) is 9.76. The largest absolute Gasteiger partial charge is 0.361 e. The molecule has 0 saturated carbocycles. The summed E-state index contributed by atoms with van der Waals surface area (Å²) in [4.78, 5) is 4.63. The molecular formula is C14H26N4OS. The summed E-state index contributed by atoms with van der Waals surface area (Å²) in [5.41, 5.74) is 2.16. The standard InChI is InChI=1S/C14H26N4OS/c1-5-12-11(13(6-2)19-18-12)10-17-14(15-7-3)16-8-9-20-4/h5-10H2,1-4H3,(H2,15,16,17). The van der Waals surface area contributed by atoms with E-state index in [1.54, 1.807) is 0 Å². The SMILES string of the molecule is CCNC(=NCc1c(CC)noc1CC)NCCSC. The number of hydrogen-bond acceptors (Lipinski definition) is 4. The van der Waals surface area contributed by atoms with E-state index in [1.165, 1.54) is 0 Å². The van der Waals surface area contributed by atoms with Gasteiger partial charge in [0.1, 0.15) is 5.76 Å². The van der Waals surface area contributed by atoms with Crippen LogP contribution in [0.15, 0.2) is 9.52 Å². The molecule has 0 aliphatic heterocycles. The molecule has 1 aromatic heterocycles. The van der Waals surface area contributed by atoms with Crippen molar-refractivity contribution >= 4 is 17.7 Å². The zero-order valence-corrected chi connectivity index (χ0v) is 13.8. The molecule has 1 heterocycles. The average molecular weight is 298 g/mol. The summed E-state index contributed by atoms with van der Waals surface area (Å²) >= 11 is 1.82. The Morgan fingerprint density at radius 2 is 2.05 bits per heavy atom. The van der Waals surface area contributed by atoms with E-state index in [4.69, 9.17) is 4.52 Å². The number of hydrogen-bond donors (Lipinski definition) is 2. The lowest BCUT2D eigenvalue weighted by Gasteiger charge is -2.10. The maximum absolute atomic E-state index is 5.36. The third-order valence-corrected chi connectivity index (χ3v) is 3.56. The Morgan fingerprint density at radius 1 is 1.25 bits per heavy atom. The minimum absolute atomic E-state index is 0.616. The first-order valence-electron chi connectivity index (χ1n) is 7.24. The molecule has 1 aromatic rings. The van der Waals surface area contributed by atoms with Crippen LogP contribution in [0.1, 0.15) is 37.8 Å². The van der Waals surface area contributed by atoms with Gasteiger partial charge in [0.2, 0.25) is 0 Å². The summed E-state index contributed by atoms with van der Waals surface area (Å²) in [5, 5.41) is 10.7. The van der Waals surface area contributed by atoms with Crippen LogP contribution in [0.4, 0.5) is 0 Å². The molecule has 0 saturated heterocycles. The smallest absolute Gasteiger partial charge is 0.191 e. The molecule has 0 aliphatic carbocycles. The summed E-state index contributed by atoms with van der Waals surface area (Å²) in [6.07, 6.45) is 3.84. The molecule has 6 heteroatoms. The lowest BCUT2D eigenvalue weighted by Crippen LogP contribution is -2.38. The van der Waals surface area contributed by atoms with Gasteiger partial charge in [0.05, 0.1) is 12.2 Å². The van der Waals surface area contributed by atoms with Gasteiger partial charge in [-0.2, -0.15) is 11.8 Å². The highest BCUT2D eigenvalue weighted by molar-refractivity contribution is 7.98. The van der Waals surface area contributed by atoms with E-state index in [9.17, 15) is 0 Å². The number of aryl methyl sites for hydroxylation is 2. The summed E-state index contributed by atoms with van der Waals surface area (Å²) in [7, 11) is 0. The second-order valence-electron chi connectivity index (χ2n) is 4.35. The molecule has 0 unspecified atom stereocenters. The van der Waals surface area contributed by atoms with Gasteiger partial charge < -0.3 is 15.2 Å². The Morgan fingerprint density at radius 3 is 2.65 bits per heavy atom. The van der Waals surface area contributed by atoms with Crippen LogP contribution in [0.5, 0.6) is 0 Å². The number of aromatic nitrogens is 1. The van der Waals surface area contributed by atoms with Gasteiger partial charge in [-0.15, -0.1) is 0 Å². The molecule has 2 N–H and O–H groups in total. The Bertz CT molecular complexity index is 396. The van der Waals surface area contributed by atoms with Crippen LogP contribution in [0, 0.1) is 0 Å². The molecule has 1 rings (SSSR count). The number of aliphatic imine (C=N–C) groups is 1.